The summed E-state index contributed by atoms with van der Waals surface area (Å²) in [6.07, 6.45) is 6.63. The number of amides is 2. The summed E-state index contributed by atoms with van der Waals surface area (Å²) in [6, 6.07) is 5.07. The van der Waals surface area contributed by atoms with Crippen molar-refractivity contribution in [3.05, 3.63) is 47.4 Å². The molecule has 192 valence electrons. The standard InChI is InChI=1S/C24H26ClN9O3/c1-24(2,3)37-23(36)32-18-7-5-4-6-17(18)31-22-27-13-15(20(26)35)21(33-22)30-14-8-9-16(25)19(12-14)34-28-10-11-29-34/h8-13H,4-7H2,1-3H3,(H2,26,35)(H,27,30,33)/b31-17+,32-18-. The molecule has 0 atom stereocenters. The average molecular weight is 524 g/mol. The molecule has 37 heavy (non-hydrogen) atoms. The maximum absolute atomic E-state index is 12.3. The average Bonchev–Trinajstić information content (AvgIpc) is 3.35. The molecule has 2 amide bonds. The quantitative estimate of drug-likeness (QED) is 0.490. The Morgan fingerprint density at radius 3 is 2.51 bits per heavy atom. The molecule has 0 aliphatic heterocycles. The molecule has 3 N–H and O–H groups in total. The molecule has 4 rings (SSSR count). The van der Waals surface area contributed by atoms with Crippen molar-refractivity contribution >= 4 is 52.5 Å². The highest BCUT2D eigenvalue weighted by atomic mass is 35.5. The Hall–Kier alpha value is -4.19. The third kappa shape index (κ3) is 6.73. The van der Waals surface area contributed by atoms with Gasteiger partial charge in [-0.15, -0.1) is 0 Å². The van der Waals surface area contributed by atoms with E-state index in [2.05, 4.69) is 35.5 Å². The summed E-state index contributed by atoms with van der Waals surface area (Å²) in [4.78, 5) is 43.0. The van der Waals surface area contributed by atoms with E-state index < -0.39 is 17.6 Å². The van der Waals surface area contributed by atoms with E-state index in [4.69, 9.17) is 22.1 Å². The minimum atomic E-state index is -0.713. The molecule has 13 heteroatoms. The summed E-state index contributed by atoms with van der Waals surface area (Å²) in [6.45, 7) is 5.33. The van der Waals surface area contributed by atoms with Crippen LogP contribution >= 0.6 is 11.6 Å². The Morgan fingerprint density at radius 1 is 1.14 bits per heavy atom. The maximum Gasteiger partial charge on any atom is 0.434 e. The predicted molar refractivity (Wildman–Crippen MR) is 139 cm³/mol. The van der Waals surface area contributed by atoms with Crippen molar-refractivity contribution in [2.45, 2.75) is 52.1 Å². The molecule has 1 saturated carbocycles. The number of hydrogen-bond acceptors (Lipinski definition) is 9. The van der Waals surface area contributed by atoms with Gasteiger partial charge in [0.1, 0.15) is 22.7 Å². The molecule has 1 aliphatic rings. The molecule has 1 fully saturated rings. The summed E-state index contributed by atoms with van der Waals surface area (Å²) in [7, 11) is 0. The van der Waals surface area contributed by atoms with Crippen LogP contribution in [-0.4, -0.2) is 54.0 Å². The van der Waals surface area contributed by atoms with Gasteiger partial charge >= 0.3 is 6.09 Å². The Bertz CT molecular complexity index is 1380. The molecule has 1 aliphatic carbocycles. The lowest BCUT2D eigenvalue weighted by Gasteiger charge is -2.19. The van der Waals surface area contributed by atoms with E-state index in [0.29, 0.717) is 40.7 Å². The van der Waals surface area contributed by atoms with Crippen LogP contribution in [0.15, 0.2) is 46.8 Å². The number of primary amides is 1. The number of halogens is 1. The summed E-state index contributed by atoms with van der Waals surface area (Å²) < 4.78 is 5.32. The first kappa shape index (κ1) is 25.9. The minimum Gasteiger partial charge on any atom is -0.442 e. The Kier molecular flexibility index (Phi) is 7.58. The number of nitrogens with two attached hydrogens (primary N) is 1. The smallest absolute Gasteiger partial charge is 0.434 e. The predicted octanol–water partition coefficient (Wildman–Crippen LogP) is 4.58. The van der Waals surface area contributed by atoms with Crippen LogP contribution in [-0.2, 0) is 4.74 Å². The van der Waals surface area contributed by atoms with E-state index in [1.807, 2.05) is 0 Å². The van der Waals surface area contributed by atoms with Gasteiger partial charge in [0.25, 0.3) is 11.9 Å². The second-order valence-electron chi connectivity index (χ2n) is 9.21. The molecule has 0 bridgehead atoms. The third-order valence-electron chi connectivity index (χ3n) is 5.15. The third-order valence-corrected chi connectivity index (χ3v) is 5.47. The molecule has 12 nitrogen and oxygen atoms in total. The van der Waals surface area contributed by atoms with Crippen LogP contribution in [0.5, 0.6) is 0 Å². The van der Waals surface area contributed by atoms with Gasteiger partial charge in [-0.2, -0.15) is 25.0 Å². The number of nitrogens with one attached hydrogen (secondary N) is 1. The number of aromatic nitrogens is 5. The number of hydrogen-bond donors (Lipinski definition) is 2. The van der Waals surface area contributed by atoms with Crippen molar-refractivity contribution in [3.8, 4) is 5.69 Å². The van der Waals surface area contributed by atoms with Gasteiger partial charge in [-0.1, -0.05) is 11.6 Å². The summed E-state index contributed by atoms with van der Waals surface area (Å²) in [5.41, 5.74) is 7.17. The number of anilines is 2. The van der Waals surface area contributed by atoms with Crippen LogP contribution < -0.4 is 11.1 Å². The van der Waals surface area contributed by atoms with Crippen LogP contribution in [0.25, 0.3) is 5.69 Å². The van der Waals surface area contributed by atoms with Crippen LogP contribution in [0.2, 0.25) is 5.02 Å². The molecular formula is C24H26ClN9O3. The number of benzene rings is 1. The van der Waals surface area contributed by atoms with Gasteiger partial charge in [-0.05, 0) is 64.7 Å². The topological polar surface area (TPSA) is 163 Å². The molecule has 3 aromatic rings. The SMILES string of the molecule is CC(C)(C)OC(=O)/N=C1/CCCC/C1=N\c1ncc(C(N)=O)c(Nc2ccc(Cl)c(-n3nccn3)c2)n1. The Morgan fingerprint density at radius 2 is 1.84 bits per heavy atom. The van der Waals surface area contributed by atoms with E-state index in [-0.39, 0.29) is 17.3 Å². The highest BCUT2D eigenvalue weighted by Gasteiger charge is 2.21. The van der Waals surface area contributed by atoms with Gasteiger partial charge in [-0.25, -0.2) is 14.8 Å². The molecule has 0 unspecified atom stereocenters. The fourth-order valence-corrected chi connectivity index (χ4v) is 3.75. The molecular weight excluding hydrogens is 498 g/mol. The molecule has 2 heterocycles. The number of carbonyl (C=O) groups is 2. The number of nitrogens with zero attached hydrogens (tertiary/aromatic N) is 7. The van der Waals surface area contributed by atoms with Crippen molar-refractivity contribution in [3.63, 3.8) is 0 Å². The maximum atomic E-state index is 12.3. The van der Waals surface area contributed by atoms with Crippen molar-refractivity contribution in [1.29, 1.82) is 0 Å². The van der Waals surface area contributed by atoms with E-state index in [9.17, 15) is 9.59 Å². The van der Waals surface area contributed by atoms with E-state index in [0.717, 1.165) is 12.8 Å². The van der Waals surface area contributed by atoms with Crippen LogP contribution in [0, 0.1) is 0 Å². The highest BCUT2D eigenvalue weighted by Crippen LogP contribution is 2.27. The lowest BCUT2D eigenvalue weighted by molar-refractivity contribution is 0.0604. The zero-order chi connectivity index (χ0) is 26.6. The summed E-state index contributed by atoms with van der Waals surface area (Å²) in [5, 5.41) is 11.7. The molecule has 0 radical (unpaired) electrons. The second kappa shape index (κ2) is 10.8. The number of rotatable bonds is 5. The molecule has 2 aromatic heterocycles. The minimum absolute atomic E-state index is 0.0731. The largest absolute Gasteiger partial charge is 0.442 e. The monoisotopic (exact) mass is 523 g/mol. The fourth-order valence-electron chi connectivity index (χ4n) is 3.55. The zero-order valence-electron chi connectivity index (χ0n) is 20.6. The van der Waals surface area contributed by atoms with Crippen LogP contribution in [0.3, 0.4) is 0 Å². The van der Waals surface area contributed by atoms with Gasteiger partial charge in [0.2, 0.25) is 0 Å². The van der Waals surface area contributed by atoms with Gasteiger partial charge < -0.3 is 15.8 Å². The van der Waals surface area contributed by atoms with Gasteiger partial charge in [0, 0.05) is 11.9 Å². The molecule has 0 spiro atoms. The summed E-state index contributed by atoms with van der Waals surface area (Å²) >= 11 is 6.30. The van der Waals surface area contributed by atoms with Crippen molar-refractivity contribution in [1.82, 2.24) is 25.0 Å². The summed E-state index contributed by atoms with van der Waals surface area (Å²) in [5.74, 6) is -0.469. The zero-order valence-corrected chi connectivity index (χ0v) is 21.4. The highest BCUT2D eigenvalue weighted by molar-refractivity contribution is 6.44. The number of carbonyl (C=O) groups excluding carboxylic acids is 2. The fraction of sp³-hybridized carbons (Fsp3) is 0.333. The van der Waals surface area contributed by atoms with E-state index >= 15 is 0 Å². The van der Waals surface area contributed by atoms with Crippen molar-refractivity contribution in [2.75, 3.05) is 5.32 Å². The first-order valence-electron chi connectivity index (χ1n) is 11.6. The number of ether oxygens (including phenoxy) is 1. The van der Waals surface area contributed by atoms with Gasteiger partial charge in [0.05, 0.1) is 28.8 Å². The van der Waals surface area contributed by atoms with E-state index in [1.54, 1.807) is 39.0 Å². The normalized spacial score (nSPS) is 16.1. The molecule has 0 saturated heterocycles. The lowest BCUT2D eigenvalue weighted by Crippen LogP contribution is -2.25. The van der Waals surface area contributed by atoms with Gasteiger partial charge in [-0.3, -0.25) is 4.79 Å². The van der Waals surface area contributed by atoms with Crippen molar-refractivity contribution < 1.29 is 14.3 Å². The Balaban J connectivity index is 1.66. The van der Waals surface area contributed by atoms with Crippen molar-refractivity contribution in [2.24, 2.45) is 15.7 Å². The van der Waals surface area contributed by atoms with Gasteiger partial charge in [0.15, 0.2) is 0 Å². The van der Waals surface area contributed by atoms with Crippen LogP contribution in [0.1, 0.15) is 56.8 Å². The van der Waals surface area contributed by atoms with E-state index in [1.165, 1.54) is 23.4 Å². The molecule has 1 aromatic carbocycles. The lowest BCUT2D eigenvalue weighted by atomic mass is 9.96. The number of aliphatic imine (C=N–C) groups is 2. The second-order valence-corrected chi connectivity index (χ2v) is 9.62. The van der Waals surface area contributed by atoms with Crippen LogP contribution in [0.4, 0.5) is 22.2 Å². The first-order valence-corrected chi connectivity index (χ1v) is 12.0. The Labute approximate surface area is 218 Å². The first-order chi connectivity index (χ1) is 17.6.